The molecule has 0 radical (unpaired) electrons. The number of aryl methyl sites for hydroxylation is 1. The van der Waals surface area contributed by atoms with Crippen molar-refractivity contribution in [3.05, 3.63) is 17.0 Å². The van der Waals surface area contributed by atoms with Gasteiger partial charge < -0.3 is 10.0 Å². The van der Waals surface area contributed by atoms with Crippen LogP contribution in [-0.2, 0) is 17.6 Å². The molecule has 0 unspecified atom stereocenters. The number of fused-ring (bicyclic) bond motifs is 1. The van der Waals surface area contributed by atoms with E-state index in [2.05, 4.69) is 10.2 Å². The lowest BCUT2D eigenvalue weighted by Gasteiger charge is -2.18. The van der Waals surface area contributed by atoms with E-state index in [1.165, 1.54) is 0 Å². The number of hydrogen-bond donors (Lipinski definition) is 2. The zero-order valence-electron chi connectivity index (χ0n) is 11.5. The fourth-order valence-electron chi connectivity index (χ4n) is 3.20. The Kier molecular flexibility index (Phi) is 3.37. The number of hydrogen-bond acceptors (Lipinski definition) is 3. The second kappa shape index (κ2) is 4.99. The van der Waals surface area contributed by atoms with Gasteiger partial charge in [-0.05, 0) is 19.3 Å². The number of nitrogens with zero attached hydrogens (tertiary/aromatic N) is 2. The summed E-state index contributed by atoms with van der Waals surface area (Å²) in [6, 6.07) is 0. The fourth-order valence-corrected chi connectivity index (χ4v) is 3.20. The van der Waals surface area contributed by atoms with Crippen molar-refractivity contribution in [3.63, 3.8) is 0 Å². The molecule has 0 bridgehead atoms. The number of aromatic nitrogens is 2. The molecule has 1 amide bonds. The van der Waals surface area contributed by atoms with Gasteiger partial charge >= 0.3 is 12.1 Å². The molecule has 1 saturated heterocycles. The highest BCUT2D eigenvalue weighted by atomic mass is 19.4. The number of amides is 1. The van der Waals surface area contributed by atoms with Gasteiger partial charge in [0, 0.05) is 24.3 Å². The first-order valence-electron chi connectivity index (χ1n) is 6.94. The summed E-state index contributed by atoms with van der Waals surface area (Å²) in [5, 5.41) is 15.6. The van der Waals surface area contributed by atoms with Gasteiger partial charge in [0.15, 0.2) is 5.69 Å². The van der Waals surface area contributed by atoms with Crippen molar-refractivity contribution in [1.82, 2.24) is 15.1 Å². The molecule has 0 saturated carbocycles. The molecule has 1 aliphatic heterocycles. The third kappa shape index (κ3) is 2.34. The molecule has 2 N–H and O–H groups in total. The van der Waals surface area contributed by atoms with Crippen molar-refractivity contribution < 1.29 is 27.9 Å². The van der Waals surface area contributed by atoms with Crippen molar-refractivity contribution >= 4 is 11.9 Å². The van der Waals surface area contributed by atoms with Crippen LogP contribution in [0.5, 0.6) is 0 Å². The van der Waals surface area contributed by atoms with Crippen molar-refractivity contribution in [1.29, 1.82) is 0 Å². The molecular formula is C13H14F3N3O3. The number of halogens is 3. The van der Waals surface area contributed by atoms with Crippen molar-refractivity contribution in [2.24, 2.45) is 11.8 Å². The summed E-state index contributed by atoms with van der Waals surface area (Å²) < 4.78 is 38.8. The lowest BCUT2D eigenvalue weighted by Crippen LogP contribution is -2.34. The summed E-state index contributed by atoms with van der Waals surface area (Å²) >= 11 is 0. The Morgan fingerprint density at radius 2 is 2.00 bits per heavy atom. The standard InChI is InChI=1S/C13H14F3N3O3/c14-13(15,16)8-5-19(4-7(8)12(21)22)11(20)10-6-2-1-3-9(6)17-18-10/h7-8H,1-5H2,(H,17,18)(H,21,22)/t7-,8-/m1/s1. The van der Waals surface area contributed by atoms with Gasteiger partial charge in [0.05, 0.1) is 11.8 Å². The maximum atomic E-state index is 12.9. The Bertz CT molecular complexity index is 626. The van der Waals surface area contributed by atoms with Crippen LogP contribution >= 0.6 is 0 Å². The van der Waals surface area contributed by atoms with Crippen molar-refractivity contribution in [2.75, 3.05) is 13.1 Å². The average Bonchev–Trinajstić information content (AvgIpc) is 3.11. The zero-order valence-corrected chi connectivity index (χ0v) is 11.5. The molecule has 2 atom stereocenters. The van der Waals surface area contributed by atoms with Gasteiger partial charge in [0.1, 0.15) is 0 Å². The SMILES string of the molecule is O=C(O)[C@@H]1CN(C(=O)c2n[nH]c3c2CCC3)C[C@H]1C(F)(F)F. The van der Waals surface area contributed by atoms with Crippen LogP contribution in [0.2, 0.25) is 0 Å². The van der Waals surface area contributed by atoms with E-state index in [0.29, 0.717) is 6.42 Å². The van der Waals surface area contributed by atoms with Crippen LogP contribution in [0.25, 0.3) is 0 Å². The molecule has 1 fully saturated rings. The summed E-state index contributed by atoms with van der Waals surface area (Å²) in [5.41, 5.74) is 1.71. The van der Waals surface area contributed by atoms with E-state index < -0.39 is 43.0 Å². The monoisotopic (exact) mass is 317 g/mol. The lowest BCUT2D eigenvalue weighted by atomic mass is 9.96. The van der Waals surface area contributed by atoms with Gasteiger partial charge in [-0.1, -0.05) is 0 Å². The summed E-state index contributed by atoms with van der Waals surface area (Å²) in [5.74, 6) is -5.83. The number of carboxylic acids is 1. The van der Waals surface area contributed by atoms with E-state index in [4.69, 9.17) is 5.11 Å². The summed E-state index contributed by atoms with van der Waals surface area (Å²) in [4.78, 5) is 24.4. The highest BCUT2D eigenvalue weighted by Crippen LogP contribution is 2.38. The zero-order chi connectivity index (χ0) is 16.1. The van der Waals surface area contributed by atoms with Crippen LogP contribution in [-0.4, -0.2) is 51.3 Å². The third-order valence-electron chi connectivity index (χ3n) is 4.35. The van der Waals surface area contributed by atoms with Crippen LogP contribution in [0.15, 0.2) is 0 Å². The summed E-state index contributed by atoms with van der Waals surface area (Å²) in [7, 11) is 0. The first-order valence-corrected chi connectivity index (χ1v) is 6.94. The first-order chi connectivity index (χ1) is 10.3. The Morgan fingerprint density at radius 3 is 2.59 bits per heavy atom. The minimum Gasteiger partial charge on any atom is -0.481 e. The average molecular weight is 317 g/mol. The predicted octanol–water partition coefficient (Wildman–Crippen LogP) is 1.23. The van der Waals surface area contributed by atoms with Crippen LogP contribution in [0.1, 0.15) is 28.2 Å². The van der Waals surface area contributed by atoms with E-state index in [0.717, 1.165) is 29.0 Å². The molecule has 0 aromatic carbocycles. The van der Waals surface area contributed by atoms with E-state index >= 15 is 0 Å². The molecule has 9 heteroatoms. The summed E-state index contributed by atoms with van der Waals surface area (Å²) in [6.07, 6.45) is -2.36. The molecule has 0 spiro atoms. The Labute approximate surface area is 123 Å². The highest BCUT2D eigenvalue weighted by molar-refractivity contribution is 5.94. The molecule has 2 aliphatic rings. The van der Waals surface area contributed by atoms with Gasteiger partial charge in [-0.3, -0.25) is 14.7 Å². The van der Waals surface area contributed by atoms with Crippen LogP contribution in [0.3, 0.4) is 0 Å². The quantitative estimate of drug-likeness (QED) is 0.859. The minimum absolute atomic E-state index is 0.125. The topological polar surface area (TPSA) is 86.3 Å². The summed E-state index contributed by atoms with van der Waals surface area (Å²) in [6.45, 7) is -1.08. The number of aliphatic carboxylic acids is 1. The minimum atomic E-state index is -4.65. The number of nitrogens with one attached hydrogen (secondary N) is 1. The molecule has 3 rings (SSSR count). The molecule has 2 heterocycles. The van der Waals surface area contributed by atoms with E-state index in [9.17, 15) is 22.8 Å². The number of alkyl halides is 3. The Balaban J connectivity index is 1.83. The van der Waals surface area contributed by atoms with Gasteiger partial charge in [-0.2, -0.15) is 18.3 Å². The van der Waals surface area contributed by atoms with E-state index in [-0.39, 0.29) is 5.69 Å². The molecule has 1 aromatic heterocycles. The number of H-pyrrole nitrogens is 1. The molecule has 1 aliphatic carbocycles. The normalized spacial score (nSPS) is 24.6. The van der Waals surface area contributed by atoms with Crippen LogP contribution < -0.4 is 0 Å². The van der Waals surface area contributed by atoms with Gasteiger partial charge in [0.2, 0.25) is 0 Å². The third-order valence-corrected chi connectivity index (χ3v) is 4.35. The maximum Gasteiger partial charge on any atom is 0.394 e. The Morgan fingerprint density at radius 1 is 1.27 bits per heavy atom. The van der Waals surface area contributed by atoms with Gasteiger partial charge in [0.25, 0.3) is 5.91 Å². The van der Waals surface area contributed by atoms with Gasteiger partial charge in [-0.15, -0.1) is 0 Å². The van der Waals surface area contributed by atoms with Crippen molar-refractivity contribution in [3.8, 4) is 0 Å². The molecular weight excluding hydrogens is 303 g/mol. The maximum absolute atomic E-state index is 12.9. The van der Waals surface area contributed by atoms with E-state index in [1.54, 1.807) is 0 Å². The number of carboxylic acid groups (broad SMARTS) is 1. The smallest absolute Gasteiger partial charge is 0.394 e. The lowest BCUT2D eigenvalue weighted by molar-refractivity contribution is -0.187. The largest absolute Gasteiger partial charge is 0.481 e. The second-order valence-electron chi connectivity index (χ2n) is 5.69. The molecule has 1 aromatic rings. The van der Waals surface area contributed by atoms with Gasteiger partial charge in [-0.25, -0.2) is 0 Å². The number of carbonyl (C=O) groups is 2. The molecule has 120 valence electrons. The first kappa shape index (κ1) is 14.9. The van der Waals surface area contributed by atoms with Crippen LogP contribution in [0, 0.1) is 11.8 Å². The number of aromatic amines is 1. The Hall–Kier alpha value is -2.06. The number of likely N-dealkylation sites (tertiary alicyclic amines) is 1. The highest BCUT2D eigenvalue weighted by Gasteiger charge is 2.53. The van der Waals surface area contributed by atoms with Crippen molar-refractivity contribution in [2.45, 2.75) is 25.4 Å². The molecule has 22 heavy (non-hydrogen) atoms. The predicted molar refractivity (Wildman–Crippen MR) is 67.2 cm³/mol. The second-order valence-corrected chi connectivity index (χ2v) is 5.69. The fraction of sp³-hybridized carbons (Fsp3) is 0.615. The number of carbonyl (C=O) groups excluding carboxylic acids is 1. The number of rotatable bonds is 2. The van der Waals surface area contributed by atoms with Crippen LogP contribution in [0.4, 0.5) is 13.2 Å². The molecule has 6 nitrogen and oxygen atoms in total. The van der Waals surface area contributed by atoms with E-state index in [1.807, 2.05) is 0 Å².